The molecule has 6 nitrogen and oxygen atoms in total. The molecule has 0 unspecified atom stereocenters. The Balaban J connectivity index is 1.61. The van der Waals surface area contributed by atoms with Gasteiger partial charge >= 0.3 is 6.01 Å². The van der Waals surface area contributed by atoms with E-state index in [9.17, 15) is 4.79 Å². The van der Waals surface area contributed by atoms with Crippen LogP contribution in [0.4, 0.5) is 6.01 Å². The lowest BCUT2D eigenvalue weighted by molar-refractivity contribution is 0.0745. The maximum absolute atomic E-state index is 12.3. The number of piperazine rings is 1. The predicted octanol–water partition coefficient (Wildman–Crippen LogP) is 1.59. The van der Waals surface area contributed by atoms with E-state index < -0.39 is 0 Å². The van der Waals surface area contributed by atoms with E-state index in [-0.39, 0.29) is 5.91 Å². The molecule has 21 heavy (non-hydrogen) atoms. The second-order valence-electron chi connectivity index (χ2n) is 4.98. The summed E-state index contributed by atoms with van der Waals surface area (Å²) in [5, 5.41) is 8.02. The van der Waals surface area contributed by atoms with Gasteiger partial charge in [-0.1, -0.05) is 30.2 Å². The molecule has 1 aliphatic heterocycles. The summed E-state index contributed by atoms with van der Waals surface area (Å²) in [6, 6.07) is 9.93. The molecule has 1 aromatic heterocycles. The van der Waals surface area contributed by atoms with Gasteiger partial charge in [0, 0.05) is 38.2 Å². The molecular formula is C15H18N4O2. The number of aromatic nitrogens is 2. The van der Waals surface area contributed by atoms with E-state index >= 15 is 0 Å². The SMILES string of the molecule is CCc1nnc(N2CCN(C(=O)c3ccccc3)CC2)o1. The number of carbonyl (C=O) groups is 1. The zero-order valence-corrected chi connectivity index (χ0v) is 12.0. The van der Waals surface area contributed by atoms with E-state index in [0.717, 1.165) is 12.0 Å². The summed E-state index contributed by atoms with van der Waals surface area (Å²) in [6.07, 6.45) is 0.736. The smallest absolute Gasteiger partial charge is 0.318 e. The zero-order chi connectivity index (χ0) is 14.7. The number of amides is 1. The first-order chi connectivity index (χ1) is 10.3. The quantitative estimate of drug-likeness (QED) is 0.857. The molecule has 0 N–H and O–H groups in total. The maximum Gasteiger partial charge on any atom is 0.318 e. The van der Waals surface area contributed by atoms with Crippen LogP contribution in [0, 0.1) is 0 Å². The molecule has 110 valence electrons. The van der Waals surface area contributed by atoms with Crippen molar-refractivity contribution in [3.63, 3.8) is 0 Å². The highest BCUT2D eigenvalue weighted by atomic mass is 16.4. The van der Waals surface area contributed by atoms with E-state index in [1.54, 1.807) is 0 Å². The van der Waals surface area contributed by atoms with Crippen molar-refractivity contribution in [2.75, 3.05) is 31.1 Å². The minimum Gasteiger partial charge on any atom is -0.408 e. The minimum absolute atomic E-state index is 0.0787. The van der Waals surface area contributed by atoms with Gasteiger partial charge in [0.15, 0.2) is 0 Å². The van der Waals surface area contributed by atoms with Crippen molar-refractivity contribution in [2.24, 2.45) is 0 Å². The molecule has 2 aromatic rings. The van der Waals surface area contributed by atoms with Crippen molar-refractivity contribution in [1.29, 1.82) is 0 Å². The Morgan fingerprint density at radius 2 is 1.86 bits per heavy atom. The lowest BCUT2D eigenvalue weighted by Gasteiger charge is -2.33. The van der Waals surface area contributed by atoms with Crippen molar-refractivity contribution in [3.8, 4) is 0 Å². The van der Waals surface area contributed by atoms with E-state index in [2.05, 4.69) is 10.2 Å². The van der Waals surface area contributed by atoms with Gasteiger partial charge in [-0.3, -0.25) is 4.79 Å². The molecule has 0 bridgehead atoms. The fourth-order valence-corrected chi connectivity index (χ4v) is 2.38. The van der Waals surface area contributed by atoms with Gasteiger partial charge in [0.1, 0.15) is 0 Å². The Kier molecular flexibility index (Phi) is 3.85. The fourth-order valence-electron chi connectivity index (χ4n) is 2.38. The number of benzene rings is 1. The van der Waals surface area contributed by atoms with Crippen LogP contribution in [0.5, 0.6) is 0 Å². The van der Waals surface area contributed by atoms with Crippen molar-refractivity contribution < 1.29 is 9.21 Å². The van der Waals surface area contributed by atoms with Crippen molar-refractivity contribution in [2.45, 2.75) is 13.3 Å². The molecule has 1 aliphatic rings. The Hall–Kier alpha value is -2.37. The average Bonchev–Trinajstić information content (AvgIpc) is 3.04. The molecule has 2 heterocycles. The lowest BCUT2D eigenvalue weighted by atomic mass is 10.2. The Morgan fingerprint density at radius 3 is 2.48 bits per heavy atom. The standard InChI is InChI=1S/C15H18N4O2/c1-2-13-16-17-15(21-13)19-10-8-18(9-11-19)14(20)12-6-4-3-5-7-12/h3-7H,2,8-11H2,1H3. The van der Waals surface area contributed by atoms with Crippen molar-refractivity contribution in [1.82, 2.24) is 15.1 Å². The first kappa shape index (κ1) is 13.6. The molecule has 0 aliphatic carbocycles. The van der Waals surface area contributed by atoms with Crippen LogP contribution in [-0.4, -0.2) is 47.2 Å². The van der Waals surface area contributed by atoms with Gasteiger partial charge in [0.05, 0.1) is 0 Å². The van der Waals surface area contributed by atoms with Crippen LogP contribution in [0.3, 0.4) is 0 Å². The van der Waals surface area contributed by atoms with Gasteiger partial charge < -0.3 is 14.2 Å². The molecule has 1 aromatic carbocycles. The highest BCUT2D eigenvalue weighted by molar-refractivity contribution is 5.94. The molecular weight excluding hydrogens is 268 g/mol. The van der Waals surface area contributed by atoms with Gasteiger partial charge in [-0.2, -0.15) is 0 Å². The maximum atomic E-state index is 12.3. The number of carbonyl (C=O) groups excluding carboxylic acids is 1. The molecule has 3 rings (SSSR count). The van der Waals surface area contributed by atoms with Crippen molar-refractivity contribution >= 4 is 11.9 Å². The molecule has 0 saturated carbocycles. The molecule has 0 spiro atoms. The molecule has 1 amide bonds. The van der Waals surface area contributed by atoms with E-state index in [0.29, 0.717) is 38.1 Å². The number of rotatable bonds is 3. The largest absolute Gasteiger partial charge is 0.408 e. The van der Waals surface area contributed by atoms with Crippen LogP contribution in [0.1, 0.15) is 23.2 Å². The summed E-state index contributed by atoms with van der Waals surface area (Å²) in [5.74, 6) is 0.725. The zero-order valence-electron chi connectivity index (χ0n) is 12.0. The van der Waals surface area contributed by atoms with Gasteiger partial charge in [-0.05, 0) is 12.1 Å². The van der Waals surface area contributed by atoms with Gasteiger partial charge in [0.2, 0.25) is 5.89 Å². The predicted molar refractivity (Wildman–Crippen MR) is 78.2 cm³/mol. The summed E-state index contributed by atoms with van der Waals surface area (Å²) in [4.78, 5) is 16.2. The van der Waals surface area contributed by atoms with Gasteiger partial charge in [-0.15, -0.1) is 5.10 Å². The van der Waals surface area contributed by atoms with Crippen LogP contribution in [0.25, 0.3) is 0 Å². The summed E-state index contributed by atoms with van der Waals surface area (Å²) >= 11 is 0. The fraction of sp³-hybridized carbons (Fsp3) is 0.400. The van der Waals surface area contributed by atoms with Gasteiger partial charge in [0.25, 0.3) is 5.91 Å². The molecule has 1 fully saturated rings. The Bertz CT molecular complexity index is 603. The Labute approximate surface area is 123 Å². The number of aryl methyl sites for hydroxylation is 1. The van der Waals surface area contributed by atoms with Crippen LogP contribution < -0.4 is 4.90 Å². The number of nitrogens with zero attached hydrogens (tertiary/aromatic N) is 4. The third-order valence-corrected chi connectivity index (χ3v) is 3.62. The molecule has 0 radical (unpaired) electrons. The second kappa shape index (κ2) is 5.95. The topological polar surface area (TPSA) is 62.5 Å². The monoisotopic (exact) mass is 286 g/mol. The van der Waals surface area contributed by atoms with Crippen LogP contribution in [-0.2, 0) is 6.42 Å². The summed E-state index contributed by atoms with van der Waals surface area (Å²) in [7, 11) is 0. The van der Waals surface area contributed by atoms with Crippen LogP contribution >= 0.6 is 0 Å². The molecule has 0 atom stereocenters. The number of anilines is 1. The van der Waals surface area contributed by atoms with Crippen LogP contribution in [0.15, 0.2) is 34.7 Å². The lowest BCUT2D eigenvalue weighted by Crippen LogP contribution is -2.48. The average molecular weight is 286 g/mol. The molecule has 6 heteroatoms. The third kappa shape index (κ3) is 2.89. The number of hydrogen-bond acceptors (Lipinski definition) is 5. The summed E-state index contributed by atoms with van der Waals surface area (Å²) in [5.41, 5.74) is 0.733. The van der Waals surface area contributed by atoms with E-state index in [1.807, 2.05) is 47.1 Å². The third-order valence-electron chi connectivity index (χ3n) is 3.62. The number of hydrogen-bond donors (Lipinski definition) is 0. The first-order valence-electron chi connectivity index (χ1n) is 7.19. The van der Waals surface area contributed by atoms with E-state index in [1.165, 1.54) is 0 Å². The molecule has 1 saturated heterocycles. The van der Waals surface area contributed by atoms with E-state index in [4.69, 9.17) is 4.42 Å². The highest BCUT2D eigenvalue weighted by Gasteiger charge is 2.24. The summed E-state index contributed by atoms with van der Waals surface area (Å²) < 4.78 is 5.55. The second-order valence-corrected chi connectivity index (χ2v) is 4.98. The van der Waals surface area contributed by atoms with Crippen molar-refractivity contribution in [3.05, 3.63) is 41.8 Å². The van der Waals surface area contributed by atoms with Crippen LogP contribution in [0.2, 0.25) is 0 Å². The highest BCUT2D eigenvalue weighted by Crippen LogP contribution is 2.16. The normalized spacial score (nSPS) is 15.3. The Morgan fingerprint density at radius 1 is 1.14 bits per heavy atom. The first-order valence-corrected chi connectivity index (χ1v) is 7.19. The minimum atomic E-state index is 0.0787. The summed E-state index contributed by atoms with van der Waals surface area (Å²) in [6.45, 7) is 4.73. The van der Waals surface area contributed by atoms with Gasteiger partial charge in [-0.25, -0.2) is 0 Å².